The lowest BCUT2D eigenvalue weighted by atomic mass is 10.0. The van der Waals surface area contributed by atoms with Crippen LogP contribution in [0.2, 0.25) is 0 Å². The lowest BCUT2D eigenvalue weighted by molar-refractivity contribution is 1.01. The van der Waals surface area contributed by atoms with E-state index in [1.165, 1.54) is 113 Å². The van der Waals surface area contributed by atoms with Crippen molar-refractivity contribution in [1.29, 1.82) is 0 Å². The number of pyridine rings is 3. The molecule has 9 heterocycles. The molecule has 0 aliphatic rings. The summed E-state index contributed by atoms with van der Waals surface area (Å²) >= 11 is 0. The minimum Gasteiger partial charge on any atom is -0.294 e. The third kappa shape index (κ3) is 11.2. The quantitative estimate of drug-likeness (QED) is 0.160. The molecule has 26 rings (SSSR count). The third-order valence-electron chi connectivity index (χ3n) is 23.6. The summed E-state index contributed by atoms with van der Waals surface area (Å²) in [6, 6.07) is 128. The highest BCUT2D eigenvalue weighted by Crippen LogP contribution is 2.44. The Balaban J connectivity index is 0.000000102. The first-order valence-corrected chi connectivity index (χ1v) is 39.9. The van der Waals surface area contributed by atoms with Gasteiger partial charge in [0.15, 0.2) is 5.65 Å². The molecule has 0 atom stereocenters. The molecular weight excluding hydrogens is 1450 g/mol. The van der Waals surface area contributed by atoms with Crippen molar-refractivity contribution in [3.05, 3.63) is 389 Å². The van der Waals surface area contributed by atoms with Gasteiger partial charge in [0.2, 0.25) is 11.9 Å². The van der Waals surface area contributed by atoms with Crippen LogP contribution in [-0.2, 0) is 0 Å². The van der Waals surface area contributed by atoms with E-state index in [9.17, 15) is 0 Å². The summed E-state index contributed by atoms with van der Waals surface area (Å²) in [5.74, 6) is 2.09. The Bertz CT molecular complexity index is 8540. The second-order valence-electron chi connectivity index (χ2n) is 30.5. The SMILES string of the molecule is c1ccc(-c2nc(-n3c4cc5ccccc5cc4c4cc5ccccc5cc43)nc3cccnc23)cc1.c1ccc2cc(-c3nc(-n4c5cc6ccccc6cc5c5cc6ccccc6cc54)cc4nccnc34)ccc2c1.c1ccc2cc3c(cc2c1)c1ccc2ccccc2c1n3-c1nc(-c2cccc3ccccc23)c2cccnc2n1. The molecule has 9 aromatic heterocycles. The summed E-state index contributed by atoms with van der Waals surface area (Å²) in [7, 11) is 0. The topological polar surface area (TPSA) is 131 Å². The van der Waals surface area contributed by atoms with Gasteiger partial charge in [0.25, 0.3) is 0 Å². The van der Waals surface area contributed by atoms with Crippen LogP contribution < -0.4 is 0 Å². The van der Waals surface area contributed by atoms with Gasteiger partial charge in [-0.2, -0.15) is 4.98 Å². The minimum absolute atomic E-state index is 0.616. The first-order chi connectivity index (χ1) is 59.0. The van der Waals surface area contributed by atoms with E-state index in [2.05, 4.69) is 346 Å². The second kappa shape index (κ2) is 27.2. The van der Waals surface area contributed by atoms with Crippen molar-refractivity contribution in [1.82, 2.24) is 58.6 Å². The Morgan fingerprint density at radius 1 is 0.193 bits per heavy atom. The number of nitrogens with zero attached hydrogens (tertiary/aromatic N) is 12. The number of fused-ring (bicyclic) bond motifs is 21. The number of benzene rings is 17. The average molecular weight is 1520 g/mol. The van der Waals surface area contributed by atoms with Crippen LogP contribution >= 0.6 is 0 Å². The lowest BCUT2D eigenvalue weighted by Gasteiger charge is -2.13. The molecule has 0 saturated heterocycles. The van der Waals surface area contributed by atoms with E-state index in [0.717, 1.165) is 106 Å². The maximum absolute atomic E-state index is 5.36. The molecule has 0 saturated carbocycles. The van der Waals surface area contributed by atoms with Gasteiger partial charge in [0.1, 0.15) is 28.2 Å². The zero-order chi connectivity index (χ0) is 78.2. The molecule has 0 fully saturated rings. The van der Waals surface area contributed by atoms with Gasteiger partial charge in [-0.25, -0.2) is 24.9 Å². The molecule has 0 radical (unpaired) electrons. The van der Waals surface area contributed by atoms with Crippen LogP contribution in [0, 0.1) is 0 Å². The molecule has 119 heavy (non-hydrogen) atoms. The Morgan fingerprint density at radius 2 is 0.605 bits per heavy atom. The molecule has 0 amide bonds. The Labute approximate surface area is 679 Å². The normalized spacial score (nSPS) is 11.9. The van der Waals surface area contributed by atoms with Crippen molar-refractivity contribution < 1.29 is 0 Å². The predicted octanol–water partition coefficient (Wildman–Crippen LogP) is 26.6. The standard InChI is InChI=1S/2C37H22N4.C33H20N4/c1-2-12-26-22-33-32(21-25(26)11-1)30-19-18-24-10-4-6-15-28(24)35(30)41(33)37-39-34(31-17-8-20-38-36(31)40-37)29-16-7-13-23-9-3-5-14-27(23)29;1-2-8-24-17-29(14-13-23(24)7-1)36-37-32(38-15-16-39-37)22-35(40-36)41-33-20-27-11-5-3-9-25(27)18-30(33)31-19-26-10-4-6-12-28(26)21-34(31)41;1-2-9-21(10-3-1)31-32-28(15-8-16-34-32)35-33(36-31)37-29-19-24-13-6-4-11-22(24)17-26(29)27-18-23-12-5-7-14-25(23)20-30(27)37/h2*1-22H;1-20H. The van der Waals surface area contributed by atoms with Gasteiger partial charge in [-0.1, -0.05) is 267 Å². The van der Waals surface area contributed by atoms with Crippen LogP contribution in [0.3, 0.4) is 0 Å². The molecule has 0 bridgehead atoms. The van der Waals surface area contributed by atoms with Crippen molar-refractivity contribution in [2.45, 2.75) is 0 Å². The van der Waals surface area contributed by atoms with Crippen LogP contribution in [0.5, 0.6) is 0 Å². The van der Waals surface area contributed by atoms with E-state index in [0.29, 0.717) is 17.5 Å². The highest BCUT2D eigenvalue weighted by Gasteiger charge is 2.25. The lowest BCUT2D eigenvalue weighted by Crippen LogP contribution is -2.04. The van der Waals surface area contributed by atoms with E-state index in [1.807, 2.05) is 36.4 Å². The van der Waals surface area contributed by atoms with Gasteiger partial charge >= 0.3 is 0 Å². The zero-order valence-corrected chi connectivity index (χ0v) is 63.8. The first kappa shape index (κ1) is 67.2. The van der Waals surface area contributed by atoms with Crippen LogP contribution in [0.1, 0.15) is 0 Å². The van der Waals surface area contributed by atoms with E-state index >= 15 is 0 Å². The fourth-order valence-electron chi connectivity index (χ4n) is 18.1. The van der Waals surface area contributed by atoms with Crippen LogP contribution in [0.4, 0.5) is 0 Å². The Morgan fingerprint density at radius 3 is 1.20 bits per heavy atom. The largest absolute Gasteiger partial charge is 0.294 e. The van der Waals surface area contributed by atoms with Gasteiger partial charge in [-0.3, -0.25) is 28.7 Å². The van der Waals surface area contributed by atoms with Crippen LogP contribution in [-0.4, -0.2) is 58.6 Å². The molecule has 0 aliphatic heterocycles. The highest BCUT2D eigenvalue weighted by molar-refractivity contribution is 6.22. The predicted molar refractivity (Wildman–Crippen MR) is 491 cm³/mol. The van der Waals surface area contributed by atoms with Crippen molar-refractivity contribution >= 4 is 185 Å². The number of hydrogen-bond donors (Lipinski definition) is 0. The molecule has 12 heteroatoms. The molecule has 552 valence electrons. The van der Waals surface area contributed by atoms with E-state index in [1.54, 1.807) is 24.8 Å². The van der Waals surface area contributed by atoms with Crippen molar-refractivity contribution in [2.24, 2.45) is 0 Å². The summed E-state index contributed by atoms with van der Waals surface area (Å²) in [6.07, 6.45) is 7.10. The molecule has 17 aromatic carbocycles. The van der Waals surface area contributed by atoms with Gasteiger partial charge in [-0.15, -0.1) is 0 Å². The number of hydrogen-bond acceptors (Lipinski definition) is 9. The summed E-state index contributed by atoms with van der Waals surface area (Å²) in [6.45, 7) is 0. The maximum atomic E-state index is 5.36. The number of rotatable bonds is 6. The molecule has 26 aromatic rings. The molecular formula is C107H64N12. The monoisotopic (exact) mass is 1520 g/mol. The van der Waals surface area contributed by atoms with Crippen LogP contribution in [0.15, 0.2) is 389 Å². The molecule has 0 N–H and O–H groups in total. The fourth-order valence-corrected chi connectivity index (χ4v) is 18.1. The molecule has 0 aliphatic carbocycles. The van der Waals surface area contributed by atoms with Gasteiger partial charge in [-0.05, 0) is 172 Å². The molecule has 12 nitrogen and oxygen atoms in total. The van der Waals surface area contributed by atoms with Crippen LogP contribution in [0.25, 0.3) is 236 Å². The molecule has 0 unspecified atom stereocenters. The second-order valence-corrected chi connectivity index (χ2v) is 30.5. The van der Waals surface area contributed by atoms with E-state index < -0.39 is 0 Å². The van der Waals surface area contributed by atoms with Crippen molar-refractivity contribution in [3.63, 3.8) is 0 Å². The fraction of sp³-hybridized carbons (Fsp3) is 0. The van der Waals surface area contributed by atoms with Gasteiger partial charge in [0, 0.05) is 90.6 Å². The third-order valence-corrected chi connectivity index (χ3v) is 23.6. The maximum Gasteiger partial charge on any atom is 0.237 e. The molecule has 0 spiro atoms. The summed E-state index contributed by atoms with van der Waals surface area (Å²) in [4.78, 5) is 44.9. The summed E-state index contributed by atoms with van der Waals surface area (Å²) in [5.41, 5.74) is 16.2. The summed E-state index contributed by atoms with van der Waals surface area (Å²) < 4.78 is 6.74. The smallest absolute Gasteiger partial charge is 0.237 e. The minimum atomic E-state index is 0.616. The Hall–Kier alpha value is -16.3. The van der Waals surface area contributed by atoms with Gasteiger partial charge in [0.05, 0.1) is 49.8 Å². The summed E-state index contributed by atoms with van der Waals surface area (Å²) in [5, 5.41) is 27.2. The van der Waals surface area contributed by atoms with E-state index in [-0.39, 0.29) is 0 Å². The average Bonchev–Trinajstić information content (AvgIpc) is 1.58. The number of aromatic nitrogens is 12. The van der Waals surface area contributed by atoms with Crippen molar-refractivity contribution in [2.75, 3.05) is 0 Å². The van der Waals surface area contributed by atoms with E-state index in [4.69, 9.17) is 39.9 Å². The zero-order valence-electron chi connectivity index (χ0n) is 63.8. The first-order valence-electron chi connectivity index (χ1n) is 39.9. The highest BCUT2D eigenvalue weighted by atomic mass is 15.2. The Kier molecular flexibility index (Phi) is 15.4. The van der Waals surface area contributed by atoms with Crippen molar-refractivity contribution in [3.8, 4) is 51.5 Å². The van der Waals surface area contributed by atoms with Gasteiger partial charge < -0.3 is 0 Å².